The van der Waals surface area contributed by atoms with Crippen molar-refractivity contribution >= 4 is 23.3 Å². The van der Waals surface area contributed by atoms with Gasteiger partial charge in [0.15, 0.2) is 0 Å². The van der Waals surface area contributed by atoms with Crippen molar-refractivity contribution in [1.82, 2.24) is 9.78 Å². The van der Waals surface area contributed by atoms with Gasteiger partial charge in [0.1, 0.15) is 5.69 Å². The lowest BCUT2D eigenvalue weighted by atomic mass is 10.0. The number of carbonyl (C=O) groups excluding carboxylic acids is 2. The van der Waals surface area contributed by atoms with Gasteiger partial charge in [-0.25, -0.2) is 0 Å². The molecule has 188 valence electrons. The van der Waals surface area contributed by atoms with Gasteiger partial charge in [-0.2, -0.15) is 9.78 Å². The molecule has 0 radical (unpaired) electrons. The Hall–Kier alpha value is -4.39. The monoisotopic (exact) mass is 494 g/mol. The lowest BCUT2D eigenvalue weighted by Gasteiger charge is -2.13. The molecule has 0 atom stereocenters. The molecule has 1 saturated carbocycles. The van der Waals surface area contributed by atoms with Crippen LogP contribution in [0.2, 0.25) is 0 Å². The highest BCUT2D eigenvalue weighted by atomic mass is 16.5. The zero-order valence-electron chi connectivity index (χ0n) is 21.5. The molecule has 4 aromatic rings. The number of ether oxygens (including phenoxy) is 1. The highest BCUT2D eigenvalue weighted by Crippen LogP contribution is 2.42. The van der Waals surface area contributed by atoms with Crippen molar-refractivity contribution < 1.29 is 14.3 Å². The molecule has 7 nitrogen and oxygen atoms in total. The van der Waals surface area contributed by atoms with Crippen molar-refractivity contribution in [1.29, 1.82) is 0 Å². The van der Waals surface area contributed by atoms with Crippen LogP contribution in [0.1, 0.15) is 25.3 Å². The van der Waals surface area contributed by atoms with Gasteiger partial charge in [-0.15, -0.1) is 0 Å². The van der Waals surface area contributed by atoms with Crippen LogP contribution in [0.3, 0.4) is 0 Å². The number of nitrogens with one attached hydrogen (secondary N) is 1. The molecule has 0 spiro atoms. The fraction of sp³-hybridized carbons (Fsp3) is 0.233. The normalized spacial score (nSPS) is 12.8. The van der Waals surface area contributed by atoms with Gasteiger partial charge >= 0.3 is 5.97 Å². The van der Waals surface area contributed by atoms with Crippen molar-refractivity contribution in [2.24, 2.45) is 5.92 Å². The van der Waals surface area contributed by atoms with Crippen LogP contribution in [-0.2, 0) is 9.59 Å². The van der Waals surface area contributed by atoms with E-state index >= 15 is 0 Å². The van der Waals surface area contributed by atoms with Crippen molar-refractivity contribution in [3.05, 3.63) is 78.4 Å². The van der Waals surface area contributed by atoms with Crippen LogP contribution < -0.4 is 15.0 Å². The smallest absolute Gasteiger partial charge is 0.309 e. The Morgan fingerprint density at radius 2 is 1.70 bits per heavy atom. The third-order valence-electron chi connectivity index (χ3n) is 6.35. The van der Waals surface area contributed by atoms with E-state index in [1.807, 2.05) is 92.6 Å². The number of carbonyl (C=O) groups is 2. The number of hydrogen-bond acceptors (Lipinski definition) is 5. The lowest BCUT2D eigenvalue weighted by molar-refractivity contribution is -0.132. The number of hydrogen-bond donors (Lipinski definition) is 1. The highest BCUT2D eigenvalue weighted by Gasteiger charge is 2.30. The molecular weight excluding hydrogens is 464 g/mol. The summed E-state index contributed by atoms with van der Waals surface area (Å²) in [5.74, 6) is 0.0928. The van der Waals surface area contributed by atoms with Crippen molar-refractivity contribution in [3.63, 3.8) is 0 Å². The topological polar surface area (TPSA) is 76.5 Å². The first-order chi connectivity index (χ1) is 17.8. The van der Waals surface area contributed by atoms with E-state index in [-0.39, 0.29) is 11.8 Å². The first kappa shape index (κ1) is 24.3. The molecule has 1 aromatic heterocycles. The number of aryl methyl sites for hydroxylation is 1. The Bertz CT molecular complexity index is 1470. The molecule has 1 N–H and O–H groups in total. The number of nitrogens with zero attached hydrogens (tertiary/aromatic N) is 3. The van der Waals surface area contributed by atoms with Crippen LogP contribution in [0.15, 0.2) is 72.8 Å². The molecule has 7 heteroatoms. The molecule has 0 unspecified atom stereocenters. The molecule has 1 heterocycles. The molecular formula is C30H30N4O3. The first-order valence-corrected chi connectivity index (χ1v) is 12.4. The summed E-state index contributed by atoms with van der Waals surface area (Å²) in [4.78, 5) is 26.5. The summed E-state index contributed by atoms with van der Waals surface area (Å²) in [6.45, 7) is 3.40. The second kappa shape index (κ2) is 9.93. The fourth-order valence-corrected chi connectivity index (χ4v) is 4.27. The van der Waals surface area contributed by atoms with Crippen molar-refractivity contribution in [2.45, 2.75) is 26.7 Å². The summed E-state index contributed by atoms with van der Waals surface area (Å²) in [6.07, 6.45) is 1.90. The van der Waals surface area contributed by atoms with Gasteiger partial charge in [0.2, 0.25) is 11.8 Å². The SMILES string of the molecule is CC(=O)Oc1c(-c2ccc(NC(=O)C3CC3)cc2)c(-c2cccc(N(C)C)c2)nn1-c1cccc(C)c1. The summed E-state index contributed by atoms with van der Waals surface area (Å²) >= 11 is 0. The molecule has 0 bridgehead atoms. The fourth-order valence-electron chi connectivity index (χ4n) is 4.27. The van der Waals surface area contributed by atoms with Gasteiger partial charge in [0.05, 0.1) is 11.3 Å². The molecule has 0 aliphatic heterocycles. The maximum absolute atomic E-state index is 12.3. The van der Waals surface area contributed by atoms with E-state index in [9.17, 15) is 9.59 Å². The molecule has 5 rings (SSSR count). The Morgan fingerprint density at radius 3 is 2.35 bits per heavy atom. The van der Waals surface area contributed by atoms with Gasteiger partial charge < -0.3 is 15.0 Å². The second-order valence-electron chi connectivity index (χ2n) is 9.66. The van der Waals surface area contributed by atoms with E-state index in [4.69, 9.17) is 9.84 Å². The average Bonchev–Trinajstić information content (AvgIpc) is 3.66. The van der Waals surface area contributed by atoms with Gasteiger partial charge in [-0.1, -0.05) is 36.4 Å². The largest absolute Gasteiger partial charge is 0.407 e. The van der Waals surface area contributed by atoms with E-state index in [2.05, 4.69) is 11.4 Å². The molecule has 0 saturated heterocycles. The van der Waals surface area contributed by atoms with E-state index < -0.39 is 5.97 Å². The molecule has 37 heavy (non-hydrogen) atoms. The molecule has 1 fully saturated rings. The minimum atomic E-state index is -0.433. The van der Waals surface area contributed by atoms with Gasteiger partial charge in [-0.05, 0) is 67.3 Å². The summed E-state index contributed by atoms with van der Waals surface area (Å²) in [7, 11) is 3.98. The predicted molar refractivity (Wildman–Crippen MR) is 146 cm³/mol. The van der Waals surface area contributed by atoms with Crippen molar-refractivity contribution in [3.8, 4) is 34.0 Å². The zero-order valence-corrected chi connectivity index (χ0v) is 21.5. The average molecular weight is 495 g/mol. The van der Waals surface area contributed by atoms with Crippen LogP contribution in [0.5, 0.6) is 5.88 Å². The minimum Gasteiger partial charge on any atom is -0.407 e. The summed E-state index contributed by atoms with van der Waals surface area (Å²) in [5, 5.41) is 7.96. The zero-order chi connectivity index (χ0) is 26.1. The molecule has 1 aliphatic carbocycles. The third-order valence-corrected chi connectivity index (χ3v) is 6.35. The van der Waals surface area contributed by atoms with Crippen LogP contribution >= 0.6 is 0 Å². The minimum absolute atomic E-state index is 0.0572. The van der Waals surface area contributed by atoms with E-state index in [0.717, 1.165) is 46.6 Å². The van der Waals surface area contributed by atoms with Crippen molar-refractivity contribution in [2.75, 3.05) is 24.3 Å². The molecule has 3 aromatic carbocycles. The van der Waals surface area contributed by atoms with E-state index in [1.165, 1.54) is 6.92 Å². The quantitative estimate of drug-likeness (QED) is 0.326. The Kier molecular flexibility index (Phi) is 6.53. The maximum atomic E-state index is 12.3. The molecule has 1 amide bonds. The van der Waals surface area contributed by atoms with E-state index in [0.29, 0.717) is 17.1 Å². The Morgan fingerprint density at radius 1 is 0.973 bits per heavy atom. The van der Waals surface area contributed by atoms with Gasteiger partial charge in [0.25, 0.3) is 0 Å². The van der Waals surface area contributed by atoms with Crippen LogP contribution in [0.4, 0.5) is 11.4 Å². The van der Waals surface area contributed by atoms with Gasteiger partial charge in [0, 0.05) is 43.9 Å². The summed E-state index contributed by atoms with van der Waals surface area (Å²) in [6, 6.07) is 23.6. The number of amides is 1. The second-order valence-corrected chi connectivity index (χ2v) is 9.66. The van der Waals surface area contributed by atoms with Gasteiger partial charge in [-0.3, -0.25) is 9.59 Å². The summed E-state index contributed by atoms with van der Waals surface area (Å²) < 4.78 is 7.51. The standard InChI is InChI=1S/C30H30N4O3/c1-19-7-5-10-26(17-19)34-30(37-20(2)35)27(28(32-34)23-8-6-9-25(18-23)33(3)4)21-13-15-24(16-14-21)31-29(36)22-11-12-22/h5-10,13-18,22H,11-12H2,1-4H3,(H,31,36). The number of esters is 1. The van der Waals surface area contributed by atoms with Crippen LogP contribution in [-0.4, -0.2) is 35.8 Å². The Labute approximate surface area is 216 Å². The number of benzene rings is 3. The number of rotatable bonds is 7. The molecule has 1 aliphatic rings. The van der Waals surface area contributed by atoms with Crippen LogP contribution in [0.25, 0.3) is 28.1 Å². The third kappa shape index (κ3) is 5.26. The maximum Gasteiger partial charge on any atom is 0.309 e. The number of anilines is 2. The number of aromatic nitrogens is 2. The van der Waals surface area contributed by atoms with E-state index in [1.54, 1.807) is 4.68 Å². The first-order valence-electron chi connectivity index (χ1n) is 12.4. The summed E-state index contributed by atoms with van der Waals surface area (Å²) in [5.41, 5.74) is 6.73. The lowest BCUT2D eigenvalue weighted by Crippen LogP contribution is -2.13. The predicted octanol–water partition coefficient (Wildman–Crippen LogP) is 5.85. The highest BCUT2D eigenvalue weighted by molar-refractivity contribution is 5.95. The van der Waals surface area contributed by atoms with Crippen LogP contribution in [0, 0.1) is 12.8 Å². The Balaban J connectivity index is 1.68.